The zero-order chi connectivity index (χ0) is 19.1. The van der Waals surface area contributed by atoms with E-state index in [-0.39, 0.29) is 10.6 Å². The minimum Gasteiger partial charge on any atom is -0.399 e. The second-order valence-electron chi connectivity index (χ2n) is 5.29. The van der Waals surface area contributed by atoms with E-state index in [1.807, 2.05) is 0 Å². The third-order valence-corrected chi connectivity index (χ3v) is 5.47. The number of sulfonamides is 1. The van der Waals surface area contributed by atoms with Gasteiger partial charge in [0.05, 0.1) is 10.6 Å². The van der Waals surface area contributed by atoms with Crippen LogP contribution < -0.4 is 15.4 Å². The summed E-state index contributed by atoms with van der Waals surface area (Å²) in [7, 11) is -4.14. The molecule has 0 fully saturated rings. The summed E-state index contributed by atoms with van der Waals surface area (Å²) in [5, 5.41) is -0.232. The summed E-state index contributed by atoms with van der Waals surface area (Å²) in [6, 6.07) is 11.3. The van der Waals surface area contributed by atoms with Crippen LogP contribution in [0.2, 0.25) is 5.02 Å². The van der Waals surface area contributed by atoms with E-state index in [2.05, 4.69) is 4.72 Å². The Balaban J connectivity index is 1.94. The van der Waals surface area contributed by atoms with Crippen molar-refractivity contribution in [2.24, 2.45) is 0 Å². The highest BCUT2D eigenvalue weighted by Crippen LogP contribution is 2.30. The number of nitrogens with one attached hydrogen (secondary N) is 1. The molecule has 0 radical (unpaired) electrons. The third kappa shape index (κ3) is 3.26. The van der Waals surface area contributed by atoms with Crippen molar-refractivity contribution in [2.75, 3.05) is 10.6 Å². The fraction of sp³-hybridized carbons (Fsp3) is 0. The number of nitrogen functional groups attached to an aromatic ring is 1. The first kappa shape index (κ1) is 18.2. The third-order valence-electron chi connectivity index (χ3n) is 3.52. The Morgan fingerprint density at radius 1 is 0.962 bits per heavy atom. The Morgan fingerprint density at radius 3 is 2.23 bits per heavy atom. The molecule has 0 aromatic heterocycles. The standard InChI is InChI=1S/C16H11Cl2N3O4S/c17-9-2-1-3-11(8-9)21-15(22)13(18)14(16(21)23)20-26(24,25)12-6-4-10(19)5-7-12/h1-8,20H,19H2. The van der Waals surface area contributed by atoms with Crippen LogP contribution in [0.4, 0.5) is 11.4 Å². The molecule has 0 saturated carbocycles. The van der Waals surface area contributed by atoms with Gasteiger partial charge < -0.3 is 5.73 Å². The van der Waals surface area contributed by atoms with Crippen LogP contribution in [0.5, 0.6) is 0 Å². The molecule has 0 saturated heterocycles. The first-order valence-electron chi connectivity index (χ1n) is 7.13. The number of nitrogens with two attached hydrogens (primary N) is 1. The number of imide groups is 1. The van der Waals surface area contributed by atoms with Crippen LogP contribution in [-0.4, -0.2) is 20.2 Å². The molecule has 2 aromatic carbocycles. The maximum absolute atomic E-state index is 12.6. The predicted octanol–water partition coefficient (Wildman–Crippen LogP) is 2.22. The second-order valence-corrected chi connectivity index (χ2v) is 7.79. The van der Waals surface area contributed by atoms with Gasteiger partial charge in [-0.15, -0.1) is 0 Å². The van der Waals surface area contributed by atoms with Gasteiger partial charge in [-0.3, -0.25) is 14.3 Å². The number of carbonyl (C=O) groups is 2. The summed E-state index contributed by atoms with van der Waals surface area (Å²) < 4.78 is 27.0. The zero-order valence-electron chi connectivity index (χ0n) is 12.9. The summed E-state index contributed by atoms with van der Waals surface area (Å²) in [6.07, 6.45) is 0. The molecule has 134 valence electrons. The largest absolute Gasteiger partial charge is 0.399 e. The van der Waals surface area contributed by atoms with Crippen LogP contribution in [0.25, 0.3) is 0 Å². The first-order chi connectivity index (χ1) is 12.2. The summed E-state index contributed by atoms with van der Waals surface area (Å²) in [5.41, 5.74) is 5.54. The van der Waals surface area contributed by atoms with Gasteiger partial charge in [0, 0.05) is 10.7 Å². The molecule has 1 aliphatic heterocycles. The molecule has 2 amide bonds. The average molecular weight is 412 g/mol. The van der Waals surface area contributed by atoms with E-state index in [1.54, 1.807) is 12.1 Å². The van der Waals surface area contributed by atoms with E-state index >= 15 is 0 Å². The highest BCUT2D eigenvalue weighted by atomic mass is 35.5. The molecule has 0 unspecified atom stereocenters. The molecule has 3 rings (SSSR count). The molecule has 26 heavy (non-hydrogen) atoms. The van der Waals surface area contributed by atoms with Gasteiger partial charge in [0.25, 0.3) is 21.8 Å². The number of hydrogen-bond donors (Lipinski definition) is 2. The molecular weight excluding hydrogens is 401 g/mol. The highest BCUT2D eigenvalue weighted by Gasteiger charge is 2.40. The summed E-state index contributed by atoms with van der Waals surface area (Å²) >= 11 is 11.8. The van der Waals surface area contributed by atoms with Crippen LogP contribution in [0, 0.1) is 0 Å². The molecule has 1 heterocycles. The second kappa shape index (κ2) is 6.64. The van der Waals surface area contributed by atoms with Gasteiger partial charge in [-0.05, 0) is 42.5 Å². The van der Waals surface area contributed by atoms with Crippen LogP contribution >= 0.6 is 23.2 Å². The lowest BCUT2D eigenvalue weighted by molar-refractivity contribution is -0.120. The maximum atomic E-state index is 12.6. The molecule has 3 N–H and O–H groups in total. The Hall–Kier alpha value is -2.55. The number of rotatable bonds is 4. The molecule has 0 atom stereocenters. The Morgan fingerprint density at radius 2 is 1.62 bits per heavy atom. The number of benzene rings is 2. The Kier molecular flexibility index (Phi) is 4.66. The summed E-state index contributed by atoms with van der Waals surface area (Å²) in [6.45, 7) is 0. The Bertz CT molecular complexity index is 1050. The maximum Gasteiger partial charge on any atom is 0.284 e. The lowest BCUT2D eigenvalue weighted by Crippen LogP contribution is -2.35. The summed E-state index contributed by atoms with van der Waals surface area (Å²) in [4.78, 5) is 25.5. The lowest BCUT2D eigenvalue weighted by atomic mass is 10.3. The number of hydrogen-bond acceptors (Lipinski definition) is 5. The van der Waals surface area contributed by atoms with Gasteiger partial charge in [-0.1, -0.05) is 29.3 Å². The van der Waals surface area contributed by atoms with Crippen molar-refractivity contribution in [1.29, 1.82) is 0 Å². The monoisotopic (exact) mass is 411 g/mol. The quantitative estimate of drug-likeness (QED) is 0.591. The fourth-order valence-electron chi connectivity index (χ4n) is 2.28. The minimum absolute atomic E-state index is 0.134. The minimum atomic E-state index is -4.14. The number of anilines is 2. The SMILES string of the molecule is Nc1ccc(S(=O)(=O)NC2=C(Cl)C(=O)N(c3cccc(Cl)c3)C2=O)cc1. The van der Waals surface area contributed by atoms with Gasteiger partial charge in [0.2, 0.25) is 0 Å². The topological polar surface area (TPSA) is 110 Å². The molecule has 7 nitrogen and oxygen atoms in total. The average Bonchev–Trinajstić information content (AvgIpc) is 2.78. The summed E-state index contributed by atoms with van der Waals surface area (Å²) in [5.74, 6) is -1.75. The van der Waals surface area contributed by atoms with Crippen molar-refractivity contribution in [3.05, 3.63) is 64.3 Å². The highest BCUT2D eigenvalue weighted by molar-refractivity contribution is 7.89. The van der Waals surface area contributed by atoms with Crippen LogP contribution in [0.15, 0.2) is 64.2 Å². The molecule has 2 aromatic rings. The predicted molar refractivity (Wildman–Crippen MR) is 98.0 cm³/mol. The first-order valence-corrected chi connectivity index (χ1v) is 9.37. The molecule has 0 spiro atoms. The smallest absolute Gasteiger partial charge is 0.284 e. The van der Waals surface area contributed by atoms with E-state index in [0.717, 1.165) is 4.90 Å². The van der Waals surface area contributed by atoms with Crippen molar-refractivity contribution < 1.29 is 18.0 Å². The van der Waals surface area contributed by atoms with Crippen LogP contribution in [-0.2, 0) is 19.6 Å². The van der Waals surface area contributed by atoms with E-state index in [9.17, 15) is 18.0 Å². The number of halogens is 2. The molecule has 10 heteroatoms. The lowest BCUT2D eigenvalue weighted by Gasteiger charge is -2.15. The van der Waals surface area contributed by atoms with Crippen molar-refractivity contribution in [3.63, 3.8) is 0 Å². The van der Waals surface area contributed by atoms with Crippen LogP contribution in [0.1, 0.15) is 0 Å². The van der Waals surface area contributed by atoms with E-state index in [4.69, 9.17) is 28.9 Å². The van der Waals surface area contributed by atoms with E-state index in [1.165, 1.54) is 36.4 Å². The van der Waals surface area contributed by atoms with E-state index in [0.29, 0.717) is 10.7 Å². The van der Waals surface area contributed by atoms with Crippen molar-refractivity contribution >= 4 is 56.4 Å². The van der Waals surface area contributed by atoms with Gasteiger partial charge in [-0.25, -0.2) is 13.3 Å². The Labute approximate surface area is 159 Å². The van der Waals surface area contributed by atoms with Crippen molar-refractivity contribution in [1.82, 2.24) is 4.72 Å². The van der Waals surface area contributed by atoms with Gasteiger partial charge in [0.1, 0.15) is 10.7 Å². The zero-order valence-corrected chi connectivity index (χ0v) is 15.3. The van der Waals surface area contributed by atoms with Crippen LogP contribution in [0.3, 0.4) is 0 Å². The molecule has 0 bridgehead atoms. The molecule has 0 aliphatic carbocycles. The van der Waals surface area contributed by atoms with Gasteiger partial charge >= 0.3 is 0 Å². The number of carbonyl (C=O) groups excluding carboxylic acids is 2. The molecule has 1 aliphatic rings. The number of nitrogens with zero attached hydrogens (tertiary/aromatic N) is 1. The molecular formula is C16H11Cl2N3O4S. The van der Waals surface area contributed by atoms with Crippen molar-refractivity contribution in [3.8, 4) is 0 Å². The van der Waals surface area contributed by atoms with Crippen molar-refractivity contribution in [2.45, 2.75) is 4.90 Å². The fourth-order valence-corrected chi connectivity index (χ4v) is 3.80. The van der Waals surface area contributed by atoms with Gasteiger partial charge in [-0.2, -0.15) is 0 Å². The normalized spacial score (nSPS) is 14.9. The van der Waals surface area contributed by atoms with E-state index < -0.39 is 32.6 Å². The number of amides is 2. The van der Waals surface area contributed by atoms with Gasteiger partial charge in [0.15, 0.2) is 0 Å².